The average Bonchev–Trinajstić information content (AvgIpc) is 3.12. The lowest BCUT2D eigenvalue weighted by Gasteiger charge is -2.18. The van der Waals surface area contributed by atoms with E-state index in [1.165, 1.54) is 0 Å². The van der Waals surface area contributed by atoms with Crippen molar-refractivity contribution in [3.05, 3.63) is 53.6 Å². The standard InChI is InChI=1S/C23H29ClN4O/c1-4-27(5-2)15-9-14-25-23(29)17(3)28-21-13-12-19(24)16-20(21)22(26-28)18-10-7-6-8-11-18/h6-8,10-13,16-17H,4-5,9,14-15H2,1-3H3,(H,25,29)/t17-/m0/s1. The van der Waals surface area contributed by atoms with Crippen molar-refractivity contribution < 1.29 is 4.79 Å². The summed E-state index contributed by atoms with van der Waals surface area (Å²) in [5, 5.41) is 9.45. The Kier molecular flexibility index (Phi) is 7.29. The Morgan fingerprint density at radius 2 is 1.90 bits per heavy atom. The molecule has 1 amide bonds. The summed E-state index contributed by atoms with van der Waals surface area (Å²) in [6.45, 7) is 9.91. The van der Waals surface area contributed by atoms with E-state index < -0.39 is 6.04 Å². The molecule has 0 aliphatic carbocycles. The minimum absolute atomic E-state index is 0.0245. The molecule has 29 heavy (non-hydrogen) atoms. The summed E-state index contributed by atoms with van der Waals surface area (Å²) in [6.07, 6.45) is 0.935. The molecule has 0 saturated heterocycles. The Morgan fingerprint density at radius 3 is 2.59 bits per heavy atom. The Morgan fingerprint density at radius 1 is 1.17 bits per heavy atom. The number of halogens is 1. The zero-order chi connectivity index (χ0) is 20.8. The highest BCUT2D eigenvalue weighted by Crippen LogP contribution is 2.31. The predicted octanol–water partition coefficient (Wildman–Crippen LogP) is 4.77. The Balaban J connectivity index is 1.79. The highest BCUT2D eigenvalue weighted by Gasteiger charge is 2.21. The Hall–Kier alpha value is -2.37. The molecule has 1 aromatic heterocycles. The minimum Gasteiger partial charge on any atom is -0.354 e. The fourth-order valence-electron chi connectivity index (χ4n) is 3.53. The van der Waals surface area contributed by atoms with E-state index in [2.05, 4.69) is 24.1 Å². The van der Waals surface area contributed by atoms with Crippen LogP contribution < -0.4 is 5.32 Å². The summed E-state index contributed by atoms with van der Waals surface area (Å²) in [6, 6.07) is 15.3. The van der Waals surface area contributed by atoms with E-state index in [1.807, 2.05) is 55.5 Å². The van der Waals surface area contributed by atoms with Crippen molar-refractivity contribution in [2.24, 2.45) is 0 Å². The lowest BCUT2D eigenvalue weighted by Crippen LogP contribution is -2.34. The monoisotopic (exact) mass is 412 g/mol. The first-order valence-electron chi connectivity index (χ1n) is 10.3. The van der Waals surface area contributed by atoms with Gasteiger partial charge < -0.3 is 10.2 Å². The van der Waals surface area contributed by atoms with Crippen LogP contribution in [0.25, 0.3) is 22.2 Å². The Bertz CT molecular complexity index is 950. The zero-order valence-corrected chi connectivity index (χ0v) is 18.1. The van der Waals surface area contributed by atoms with Crippen LogP contribution >= 0.6 is 11.6 Å². The number of rotatable bonds is 9. The van der Waals surface area contributed by atoms with Gasteiger partial charge in [-0.3, -0.25) is 9.48 Å². The van der Waals surface area contributed by atoms with Crippen LogP contribution in [0.1, 0.15) is 33.2 Å². The summed E-state index contributed by atoms with van der Waals surface area (Å²) in [5.74, 6) is -0.0245. The van der Waals surface area contributed by atoms with E-state index >= 15 is 0 Å². The molecular formula is C23H29ClN4O. The SMILES string of the molecule is CCN(CC)CCCNC(=O)[C@H](C)n1nc(-c2ccccc2)c2cc(Cl)ccc21. The van der Waals surface area contributed by atoms with Crippen molar-refractivity contribution in [1.29, 1.82) is 0 Å². The lowest BCUT2D eigenvalue weighted by molar-refractivity contribution is -0.124. The van der Waals surface area contributed by atoms with Gasteiger partial charge in [0.2, 0.25) is 5.91 Å². The van der Waals surface area contributed by atoms with Crippen molar-refractivity contribution in [3.8, 4) is 11.3 Å². The Labute approximate surface area is 177 Å². The van der Waals surface area contributed by atoms with Gasteiger partial charge in [0.25, 0.3) is 0 Å². The van der Waals surface area contributed by atoms with Gasteiger partial charge in [-0.15, -0.1) is 0 Å². The molecule has 6 heteroatoms. The molecule has 0 fully saturated rings. The number of hydrogen-bond acceptors (Lipinski definition) is 3. The van der Waals surface area contributed by atoms with Gasteiger partial charge in [-0.05, 0) is 51.2 Å². The third kappa shape index (κ3) is 4.98. The van der Waals surface area contributed by atoms with Gasteiger partial charge in [0.05, 0.1) is 5.52 Å². The second-order valence-corrected chi connectivity index (χ2v) is 7.60. The van der Waals surface area contributed by atoms with Crippen LogP contribution in [0.15, 0.2) is 48.5 Å². The minimum atomic E-state index is -0.412. The number of benzene rings is 2. The molecule has 0 radical (unpaired) electrons. The molecule has 2 aromatic carbocycles. The van der Waals surface area contributed by atoms with Crippen molar-refractivity contribution in [3.63, 3.8) is 0 Å². The molecule has 0 aliphatic heterocycles. The molecule has 1 heterocycles. The van der Waals surface area contributed by atoms with Crippen LogP contribution in [0.2, 0.25) is 5.02 Å². The van der Waals surface area contributed by atoms with Crippen molar-refractivity contribution >= 4 is 28.4 Å². The number of fused-ring (bicyclic) bond motifs is 1. The first-order valence-corrected chi connectivity index (χ1v) is 10.7. The first-order chi connectivity index (χ1) is 14.0. The third-order valence-electron chi connectivity index (χ3n) is 5.31. The van der Waals surface area contributed by atoms with Gasteiger partial charge in [-0.25, -0.2) is 0 Å². The van der Waals surface area contributed by atoms with Crippen LogP contribution in [-0.4, -0.2) is 46.8 Å². The molecule has 0 aliphatic rings. The number of aromatic nitrogens is 2. The van der Waals surface area contributed by atoms with Crippen LogP contribution in [0.3, 0.4) is 0 Å². The van der Waals surface area contributed by atoms with Gasteiger partial charge in [0.1, 0.15) is 11.7 Å². The third-order valence-corrected chi connectivity index (χ3v) is 5.54. The maximum absolute atomic E-state index is 12.8. The normalized spacial score (nSPS) is 12.4. The molecule has 3 aromatic rings. The predicted molar refractivity (Wildman–Crippen MR) is 120 cm³/mol. The molecule has 154 valence electrons. The molecular weight excluding hydrogens is 384 g/mol. The van der Waals surface area contributed by atoms with Crippen LogP contribution in [0.4, 0.5) is 0 Å². The number of nitrogens with one attached hydrogen (secondary N) is 1. The highest BCUT2D eigenvalue weighted by atomic mass is 35.5. The molecule has 0 saturated carbocycles. The van der Waals surface area contributed by atoms with Gasteiger partial charge in [0.15, 0.2) is 0 Å². The number of carbonyl (C=O) groups excluding carboxylic acids is 1. The van der Waals surface area contributed by atoms with Gasteiger partial charge >= 0.3 is 0 Å². The zero-order valence-electron chi connectivity index (χ0n) is 17.4. The van der Waals surface area contributed by atoms with Crippen LogP contribution in [0.5, 0.6) is 0 Å². The largest absolute Gasteiger partial charge is 0.354 e. The van der Waals surface area contributed by atoms with E-state index in [0.717, 1.165) is 48.2 Å². The molecule has 1 atom stereocenters. The van der Waals surface area contributed by atoms with E-state index in [4.69, 9.17) is 16.7 Å². The first kappa shape index (κ1) is 21.3. The second kappa shape index (κ2) is 9.90. The molecule has 3 rings (SSSR count). The molecule has 5 nitrogen and oxygen atoms in total. The number of hydrogen-bond donors (Lipinski definition) is 1. The van der Waals surface area contributed by atoms with Gasteiger partial charge in [0, 0.05) is 22.5 Å². The molecule has 0 bridgehead atoms. The summed E-state index contributed by atoms with van der Waals surface area (Å²) in [5.41, 5.74) is 2.74. The maximum Gasteiger partial charge on any atom is 0.244 e. The number of amides is 1. The number of nitrogens with zero attached hydrogens (tertiary/aromatic N) is 3. The van der Waals surface area contributed by atoms with Crippen molar-refractivity contribution in [2.75, 3.05) is 26.2 Å². The second-order valence-electron chi connectivity index (χ2n) is 7.17. The summed E-state index contributed by atoms with van der Waals surface area (Å²) in [7, 11) is 0. The lowest BCUT2D eigenvalue weighted by atomic mass is 10.1. The van der Waals surface area contributed by atoms with E-state index in [-0.39, 0.29) is 5.91 Å². The van der Waals surface area contributed by atoms with Gasteiger partial charge in [-0.1, -0.05) is 55.8 Å². The number of carbonyl (C=O) groups is 1. The fourth-order valence-corrected chi connectivity index (χ4v) is 3.70. The molecule has 0 spiro atoms. The van der Waals surface area contributed by atoms with Crippen molar-refractivity contribution in [2.45, 2.75) is 33.2 Å². The smallest absolute Gasteiger partial charge is 0.244 e. The summed E-state index contributed by atoms with van der Waals surface area (Å²) >= 11 is 6.24. The topological polar surface area (TPSA) is 50.2 Å². The molecule has 1 N–H and O–H groups in total. The summed E-state index contributed by atoms with van der Waals surface area (Å²) in [4.78, 5) is 15.1. The van der Waals surface area contributed by atoms with E-state index in [0.29, 0.717) is 11.6 Å². The fraction of sp³-hybridized carbons (Fsp3) is 0.391. The van der Waals surface area contributed by atoms with Crippen LogP contribution in [0, 0.1) is 0 Å². The van der Waals surface area contributed by atoms with Crippen molar-refractivity contribution in [1.82, 2.24) is 20.0 Å². The van der Waals surface area contributed by atoms with Crippen LogP contribution in [-0.2, 0) is 4.79 Å². The quantitative estimate of drug-likeness (QED) is 0.515. The maximum atomic E-state index is 12.8. The van der Waals surface area contributed by atoms with Gasteiger partial charge in [-0.2, -0.15) is 5.10 Å². The average molecular weight is 413 g/mol. The molecule has 0 unspecified atom stereocenters. The van der Waals surface area contributed by atoms with E-state index in [9.17, 15) is 4.79 Å². The summed E-state index contributed by atoms with van der Waals surface area (Å²) < 4.78 is 1.80. The highest BCUT2D eigenvalue weighted by molar-refractivity contribution is 6.31. The van der Waals surface area contributed by atoms with E-state index in [1.54, 1.807) is 4.68 Å².